The van der Waals surface area contributed by atoms with Crippen molar-refractivity contribution in [3.63, 3.8) is 0 Å². The summed E-state index contributed by atoms with van der Waals surface area (Å²) in [6.45, 7) is 7.12. The molecule has 1 aromatic carbocycles. The van der Waals surface area contributed by atoms with Crippen LogP contribution in [-0.2, 0) is 14.3 Å². The highest BCUT2D eigenvalue weighted by Crippen LogP contribution is 2.16. The number of carbonyl (C=O) groups is 2. The molecule has 1 N–H and O–H groups in total. The van der Waals surface area contributed by atoms with Gasteiger partial charge < -0.3 is 19.7 Å². The van der Waals surface area contributed by atoms with E-state index in [-0.39, 0.29) is 12.2 Å². The van der Waals surface area contributed by atoms with Crippen molar-refractivity contribution in [3.8, 4) is 5.75 Å². The number of morpholine rings is 1. The number of rotatable bonds is 3. The van der Waals surface area contributed by atoms with Gasteiger partial charge in [0.15, 0.2) is 0 Å². The van der Waals surface area contributed by atoms with E-state index in [1.165, 1.54) is 4.90 Å². The summed E-state index contributed by atoms with van der Waals surface area (Å²) in [5.41, 5.74) is 0.566. The summed E-state index contributed by atoms with van der Waals surface area (Å²) in [7, 11) is 0. The fraction of sp³-hybridized carbons (Fsp3) is 0.500. The predicted octanol–water partition coefficient (Wildman–Crippen LogP) is 1.66. The number of nitrogens with one attached hydrogen (secondary N) is 1. The van der Waals surface area contributed by atoms with E-state index in [1.54, 1.807) is 24.3 Å². The van der Waals surface area contributed by atoms with Crippen molar-refractivity contribution < 1.29 is 19.1 Å². The predicted molar refractivity (Wildman–Crippen MR) is 82.8 cm³/mol. The molecule has 1 fully saturated rings. The lowest BCUT2D eigenvalue weighted by molar-refractivity contribution is -0.151. The lowest BCUT2D eigenvalue weighted by Crippen LogP contribution is -2.51. The molecule has 0 radical (unpaired) electrons. The van der Waals surface area contributed by atoms with Gasteiger partial charge in [-0.15, -0.1) is 0 Å². The minimum atomic E-state index is -0.634. The molecular weight excluding hydrogens is 284 g/mol. The second-order valence-corrected chi connectivity index (χ2v) is 5.38. The highest BCUT2D eigenvalue weighted by molar-refractivity contribution is 6.39. The molecule has 0 spiro atoms. The van der Waals surface area contributed by atoms with Crippen LogP contribution in [0.4, 0.5) is 5.69 Å². The zero-order valence-corrected chi connectivity index (χ0v) is 13.2. The Kier molecular flexibility index (Phi) is 5.38. The van der Waals surface area contributed by atoms with Crippen LogP contribution in [0.15, 0.2) is 24.3 Å². The zero-order chi connectivity index (χ0) is 16.1. The van der Waals surface area contributed by atoms with Gasteiger partial charge in [0.2, 0.25) is 0 Å². The SMILES string of the molecule is CCOc1ccc(NC(=O)C(=O)N2CC(C)OC(C)C2)cc1. The minimum absolute atomic E-state index is 0.0639. The molecule has 0 saturated carbocycles. The normalized spacial score (nSPS) is 21.3. The molecule has 22 heavy (non-hydrogen) atoms. The molecule has 1 aliphatic rings. The molecule has 120 valence electrons. The first-order valence-corrected chi connectivity index (χ1v) is 7.48. The van der Waals surface area contributed by atoms with Gasteiger partial charge in [0, 0.05) is 18.8 Å². The van der Waals surface area contributed by atoms with E-state index in [0.29, 0.717) is 25.4 Å². The molecular formula is C16H22N2O4. The number of anilines is 1. The van der Waals surface area contributed by atoms with Crippen LogP contribution in [0.5, 0.6) is 5.75 Å². The van der Waals surface area contributed by atoms with Gasteiger partial charge in [0.05, 0.1) is 18.8 Å². The number of hydrogen-bond acceptors (Lipinski definition) is 4. The smallest absolute Gasteiger partial charge is 0.313 e. The molecule has 0 bridgehead atoms. The van der Waals surface area contributed by atoms with Crippen molar-refractivity contribution in [2.24, 2.45) is 0 Å². The van der Waals surface area contributed by atoms with E-state index in [4.69, 9.17) is 9.47 Å². The van der Waals surface area contributed by atoms with Crippen molar-refractivity contribution >= 4 is 17.5 Å². The van der Waals surface area contributed by atoms with Crippen LogP contribution in [0, 0.1) is 0 Å². The topological polar surface area (TPSA) is 67.9 Å². The first kappa shape index (κ1) is 16.3. The number of nitrogens with zero attached hydrogens (tertiary/aromatic N) is 1. The second-order valence-electron chi connectivity index (χ2n) is 5.38. The molecule has 2 atom stereocenters. The third-order valence-electron chi connectivity index (χ3n) is 3.32. The van der Waals surface area contributed by atoms with Crippen LogP contribution in [0.3, 0.4) is 0 Å². The first-order chi connectivity index (χ1) is 10.5. The molecule has 1 heterocycles. The van der Waals surface area contributed by atoms with Gasteiger partial charge in [-0.25, -0.2) is 0 Å². The summed E-state index contributed by atoms with van der Waals surface area (Å²) in [4.78, 5) is 25.8. The second kappa shape index (κ2) is 7.26. The fourth-order valence-corrected chi connectivity index (χ4v) is 2.47. The maximum Gasteiger partial charge on any atom is 0.313 e. The maximum absolute atomic E-state index is 12.2. The molecule has 0 aliphatic carbocycles. The zero-order valence-electron chi connectivity index (χ0n) is 13.2. The summed E-state index contributed by atoms with van der Waals surface area (Å²) in [5.74, 6) is -0.441. The maximum atomic E-state index is 12.2. The van der Waals surface area contributed by atoms with E-state index in [9.17, 15) is 9.59 Å². The van der Waals surface area contributed by atoms with Gasteiger partial charge in [-0.1, -0.05) is 0 Å². The third kappa shape index (κ3) is 4.21. The highest BCUT2D eigenvalue weighted by atomic mass is 16.5. The van der Waals surface area contributed by atoms with Gasteiger partial charge in [-0.2, -0.15) is 0 Å². The van der Waals surface area contributed by atoms with Crippen LogP contribution < -0.4 is 10.1 Å². The molecule has 6 nitrogen and oxygen atoms in total. The molecule has 6 heteroatoms. The minimum Gasteiger partial charge on any atom is -0.494 e. The molecule has 2 rings (SSSR count). The first-order valence-electron chi connectivity index (χ1n) is 7.48. The van der Waals surface area contributed by atoms with E-state index in [0.717, 1.165) is 5.75 Å². The average molecular weight is 306 g/mol. The van der Waals surface area contributed by atoms with Gasteiger partial charge >= 0.3 is 11.8 Å². The van der Waals surface area contributed by atoms with Crippen LogP contribution in [0.2, 0.25) is 0 Å². The van der Waals surface area contributed by atoms with Crippen molar-refractivity contribution in [1.82, 2.24) is 4.90 Å². The van der Waals surface area contributed by atoms with E-state index in [2.05, 4.69) is 5.32 Å². The van der Waals surface area contributed by atoms with Crippen LogP contribution >= 0.6 is 0 Å². The molecule has 1 aliphatic heterocycles. The number of benzene rings is 1. The Balaban J connectivity index is 1.94. The quantitative estimate of drug-likeness (QED) is 0.862. The monoisotopic (exact) mass is 306 g/mol. The van der Waals surface area contributed by atoms with Crippen LogP contribution in [-0.4, -0.2) is 48.6 Å². The molecule has 2 amide bonds. The number of amides is 2. The van der Waals surface area contributed by atoms with Crippen molar-refractivity contribution in [3.05, 3.63) is 24.3 Å². The van der Waals surface area contributed by atoms with Gasteiger partial charge in [0.1, 0.15) is 5.75 Å². The Bertz CT molecular complexity index is 519. The van der Waals surface area contributed by atoms with Gasteiger partial charge in [0.25, 0.3) is 0 Å². The molecule has 0 aromatic heterocycles. The lowest BCUT2D eigenvalue weighted by Gasteiger charge is -2.34. The summed E-state index contributed by atoms with van der Waals surface area (Å²) >= 11 is 0. The summed E-state index contributed by atoms with van der Waals surface area (Å²) in [5, 5.41) is 2.61. The van der Waals surface area contributed by atoms with Gasteiger partial charge in [-0.3, -0.25) is 9.59 Å². The number of carbonyl (C=O) groups excluding carboxylic acids is 2. The number of ether oxygens (including phenoxy) is 2. The Morgan fingerprint density at radius 3 is 2.36 bits per heavy atom. The van der Waals surface area contributed by atoms with Crippen molar-refractivity contribution in [1.29, 1.82) is 0 Å². The van der Waals surface area contributed by atoms with Crippen molar-refractivity contribution in [2.75, 3.05) is 25.0 Å². The van der Waals surface area contributed by atoms with E-state index in [1.807, 2.05) is 20.8 Å². The third-order valence-corrected chi connectivity index (χ3v) is 3.32. The Labute approximate surface area is 130 Å². The van der Waals surface area contributed by atoms with E-state index >= 15 is 0 Å². The Morgan fingerprint density at radius 1 is 1.23 bits per heavy atom. The van der Waals surface area contributed by atoms with Crippen LogP contribution in [0.1, 0.15) is 20.8 Å². The standard InChI is InChI=1S/C16H22N2O4/c1-4-21-14-7-5-13(6-8-14)17-15(19)16(20)18-9-11(2)22-12(3)10-18/h5-8,11-12H,4,9-10H2,1-3H3,(H,17,19). The summed E-state index contributed by atoms with van der Waals surface area (Å²) < 4.78 is 10.9. The Hall–Kier alpha value is -2.08. The summed E-state index contributed by atoms with van der Waals surface area (Å²) in [6.07, 6.45) is -0.128. The summed E-state index contributed by atoms with van der Waals surface area (Å²) in [6, 6.07) is 6.92. The highest BCUT2D eigenvalue weighted by Gasteiger charge is 2.29. The molecule has 2 unspecified atom stereocenters. The lowest BCUT2D eigenvalue weighted by atomic mass is 10.2. The van der Waals surface area contributed by atoms with E-state index < -0.39 is 11.8 Å². The van der Waals surface area contributed by atoms with Crippen LogP contribution in [0.25, 0.3) is 0 Å². The average Bonchev–Trinajstić information content (AvgIpc) is 2.47. The largest absolute Gasteiger partial charge is 0.494 e. The fourth-order valence-electron chi connectivity index (χ4n) is 2.47. The molecule has 1 aromatic rings. The number of hydrogen-bond donors (Lipinski definition) is 1. The van der Waals surface area contributed by atoms with Crippen molar-refractivity contribution in [2.45, 2.75) is 33.0 Å². The molecule has 1 saturated heterocycles. The Morgan fingerprint density at radius 2 is 1.82 bits per heavy atom. The van der Waals surface area contributed by atoms with Gasteiger partial charge in [-0.05, 0) is 45.0 Å².